The molecule has 0 unspecified atom stereocenters. The van der Waals surface area contributed by atoms with Gasteiger partial charge in [0.15, 0.2) is 0 Å². The summed E-state index contributed by atoms with van der Waals surface area (Å²) in [5.41, 5.74) is 6.34. The van der Waals surface area contributed by atoms with Crippen molar-refractivity contribution in [3.05, 3.63) is 35.4 Å². The molecule has 0 aliphatic carbocycles. The number of carbonyl (C=O) groups is 1. The average Bonchev–Trinajstić information content (AvgIpc) is 2.27. The van der Waals surface area contributed by atoms with Gasteiger partial charge in [-0.15, -0.1) is 6.42 Å². The Kier molecular flexibility index (Phi) is 3.70. The van der Waals surface area contributed by atoms with Crippen molar-refractivity contribution in [3.63, 3.8) is 0 Å². The molecule has 0 aliphatic heterocycles. The lowest BCUT2D eigenvalue weighted by molar-refractivity contribution is 0.1000. The van der Waals surface area contributed by atoms with Crippen LogP contribution in [0, 0.1) is 12.3 Å². The molecule has 1 aromatic carbocycles. The molecule has 3 nitrogen and oxygen atoms in total. The van der Waals surface area contributed by atoms with Crippen molar-refractivity contribution in [1.82, 2.24) is 5.32 Å². The Morgan fingerprint density at radius 2 is 2.25 bits per heavy atom. The van der Waals surface area contributed by atoms with Crippen molar-refractivity contribution < 1.29 is 4.79 Å². The zero-order chi connectivity index (χ0) is 12.2. The summed E-state index contributed by atoms with van der Waals surface area (Å²) < 4.78 is 0. The molecule has 1 aromatic rings. The van der Waals surface area contributed by atoms with E-state index in [2.05, 4.69) is 11.2 Å². The van der Waals surface area contributed by atoms with E-state index in [-0.39, 0.29) is 5.54 Å². The lowest BCUT2D eigenvalue weighted by Crippen LogP contribution is -2.36. The Balaban J connectivity index is 2.72. The van der Waals surface area contributed by atoms with E-state index in [4.69, 9.17) is 12.2 Å². The standard InChI is InChI=1S/C13H16N2O/c1-4-13(2,3)15-9-10-6-5-7-11(8-10)12(14)16/h1,5-8,15H,9H2,2-3H3,(H2,14,16). The summed E-state index contributed by atoms with van der Waals surface area (Å²) in [5, 5.41) is 3.20. The van der Waals surface area contributed by atoms with Gasteiger partial charge in [-0.05, 0) is 31.5 Å². The normalized spacial score (nSPS) is 10.8. The van der Waals surface area contributed by atoms with Gasteiger partial charge in [-0.25, -0.2) is 0 Å². The Bertz CT molecular complexity index is 430. The highest BCUT2D eigenvalue weighted by Gasteiger charge is 2.12. The van der Waals surface area contributed by atoms with E-state index in [1.165, 1.54) is 0 Å². The zero-order valence-corrected chi connectivity index (χ0v) is 9.58. The number of nitrogens with two attached hydrogens (primary N) is 1. The van der Waals surface area contributed by atoms with Gasteiger partial charge in [-0.3, -0.25) is 10.1 Å². The number of amides is 1. The van der Waals surface area contributed by atoms with Crippen LogP contribution in [0.2, 0.25) is 0 Å². The molecule has 1 rings (SSSR count). The van der Waals surface area contributed by atoms with Crippen molar-refractivity contribution >= 4 is 5.91 Å². The summed E-state index contributed by atoms with van der Waals surface area (Å²) in [5.74, 6) is 2.23. The number of hydrogen-bond donors (Lipinski definition) is 2. The molecule has 0 heterocycles. The van der Waals surface area contributed by atoms with Crippen LogP contribution in [0.1, 0.15) is 29.8 Å². The SMILES string of the molecule is C#CC(C)(C)NCc1cccc(C(N)=O)c1. The summed E-state index contributed by atoms with van der Waals surface area (Å²) >= 11 is 0. The van der Waals surface area contributed by atoms with Gasteiger partial charge < -0.3 is 5.73 Å². The maximum Gasteiger partial charge on any atom is 0.248 e. The molecular weight excluding hydrogens is 200 g/mol. The first-order valence-electron chi connectivity index (χ1n) is 5.06. The quantitative estimate of drug-likeness (QED) is 0.745. The van der Waals surface area contributed by atoms with Crippen LogP contribution in [0.5, 0.6) is 0 Å². The molecule has 0 spiro atoms. The average molecular weight is 216 g/mol. The number of hydrogen-bond acceptors (Lipinski definition) is 2. The van der Waals surface area contributed by atoms with E-state index in [0.29, 0.717) is 12.1 Å². The fourth-order valence-corrected chi connectivity index (χ4v) is 1.21. The minimum absolute atomic E-state index is 0.358. The molecule has 0 atom stereocenters. The van der Waals surface area contributed by atoms with Crippen LogP contribution in [-0.4, -0.2) is 11.4 Å². The smallest absolute Gasteiger partial charge is 0.248 e. The molecule has 0 saturated carbocycles. The molecule has 0 fully saturated rings. The predicted octanol–water partition coefficient (Wildman–Crippen LogP) is 1.29. The number of carbonyl (C=O) groups excluding carboxylic acids is 1. The summed E-state index contributed by atoms with van der Waals surface area (Å²) in [6.45, 7) is 4.45. The van der Waals surface area contributed by atoms with Crippen LogP contribution in [0.4, 0.5) is 0 Å². The van der Waals surface area contributed by atoms with E-state index in [0.717, 1.165) is 5.56 Å². The van der Waals surface area contributed by atoms with Crippen LogP contribution < -0.4 is 11.1 Å². The van der Waals surface area contributed by atoms with E-state index < -0.39 is 5.91 Å². The molecule has 0 saturated heterocycles. The van der Waals surface area contributed by atoms with Crippen LogP contribution in [0.15, 0.2) is 24.3 Å². The highest BCUT2D eigenvalue weighted by molar-refractivity contribution is 5.92. The number of rotatable bonds is 4. The maximum atomic E-state index is 11.0. The van der Waals surface area contributed by atoms with Gasteiger partial charge in [0.1, 0.15) is 0 Å². The Hall–Kier alpha value is -1.79. The Morgan fingerprint density at radius 1 is 1.56 bits per heavy atom. The third kappa shape index (κ3) is 3.41. The molecule has 3 N–H and O–H groups in total. The third-order valence-electron chi connectivity index (χ3n) is 2.31. The van der Waals surface area contributed by atoms with Crippen LogP contribution >= 0.6 is 0 Å². The molecule has 0 radical (unpaired) electrons. The van der Waals surface area contributed by atoms with Gasteiger partial charge in [0, 0.05) is 12.1 Å². The number of terminal acetylenes is 1. The van der Waals surface area contributed by atoms with Crippen molar-refractivity contribution in [2.24, 2.45) is 5.73 Å². The second kappa shape index (κ2) is 4.82. The van der Waals surface area contributed by atoms with E-state index >= 15 is 0 Å². The monoisotopic (exact) mass is 216 g/mol. The topological polar surface area (TPSA) is 55.1 Å². The summed E-state index contributed by atoms with van der Waals surface area (Å²) in [4.78, 5) is 11.0. The number of primary amides is 1. The Labute approximate surface area is 96.0 Å². The molecular formula is C13H16N2O. The van der Waals surface area contributed by atoms with Gasteiger partial charge in [-0.1, -0.05) is 18.1 Å². The minimum atomic E-state index is -0.418. The second-order valence-corrected chi connectivity index (χ2v) is 4.19. The van der Waals surface area contributed by atoms with Crippen LogP contribution in [-0.2, 0) is 6.54 Å². The first kappa shape index (κ1) is 12.3. The predicted molar refractivity (Wildman–Crippen MR) is 64.7 cm³/mol. The number of nitrogens with one attached hydrogen (secondary N) is 1. The zero-order valence-electron chi connectivity index (χ0n) is 9.58. The summed E-state index contributed by atoms with van der Waals surface area (Å²) in [6.07, 6.45) is 5.36. The van der Waals surface area contributed by atoms with Crippen molar-refractivity contribution in [2.45, 2.75) is 25.9 Å². The lowest BCUT2D eigenvalue weighted by Gasteiger charge is -2.19. The number of benzene rings is 1. The highest BCUT2D eigenvalue weighted by atomic mass is 16.1. The highest BCUT2D eigenvalue weighted by Crippen LogP contribution is 2.07. The largest absolute Gasteiger partial charge is 0.366 e. The first-order chi connectivity index (χ1) is 7.44. The van der Waals surface area contributed by atoms with E-state index in [1.807, 2.05) is 19.9 Å². The minimum Gasteiger partial charge on any atom is -0.366 e. The lowest BCUT2D eigenvalue weighted by atomic mass is 10.1. The summed E-state index contributed by atoms with van der Waals surface area (Å²) in [6, 6.07) is 7.19. The van der Waals surface area contributed by atoms with Gasteiger partial charge in [0.05, 0.1) is 5.54 Å². The fourth-order valence-electron chi connectivity index (χ4n) is 1.21. The van der Waals surface area contributed by atoms with Gasteiger partial charge in [0.25, 0.3) is 0 Å². The fraction of sp³-hybridized carbons (Fsp3) is 0.308. The molecule has 0 aliphatic rings. The molecule has 16 heavy (non-hydrogen) atoms. The van der Waals surface area contributed by atoms with Crippen LogP contribution in [0.25, 0.3) is 0 Å². The van der Waals surface area contributed by atoms with Crippen molar-refractivity contribution in [1.29, 1.82) is 0 Å². The second-order valence-electron chi connectivity index (χ2n) is 4.19. The molecule has 3 heteroatoms. The van der Waals surface area contributed by atoms with E-state index in [9.17, 15) is 4.79 Å². The first-order valence-corrected chi connectivity index (χ1v) is 5.06. The maximum absolute atomic E-state index is 11.0. The van der Waals surface area contributed by atoms with Crippen LogP contribution in [0.3, 0.4) is 0 Å². The molecule has 0 aromatic heterocycles. The molecule has 1 amide bonds. The van der Waals surface area contributed by atoms with E-state index in [1.54, 1.807) is 18.2 Å². The molecule has 84 valence electrons. The third-order valence-corrected chi connectivity index (χ3v) is 2.31. The van der Waals surface area contributed by atoms with Crippen molar-refractivity contribution in [2.75, 3.05) is 0 Å². The van der Waals surface area contributed by atoms with Gasteiger partial charge >= 0.3 is 0 Å². The van der Waals surface area contributed by atoms with Gasteiger partial charge in [0.2, 0.25) is 5.91 Å². The van der Waals surface area contributed by atoms with Gasteiger partial charge in [-0.2, -0.15) is 0 Å². The van der Waals surface area contributed by atoms with Crippen molar-refractivity contribution in [3.8, 4) is 12.3 Å². The molecule has 0 bridgehead atoms. The summed E-state index contributed by atoms with van der Waals surface area (Å²) in [7, 11) is 0. The Morgan fingerprint density at radius 3 is 2.81 bits per heavy atom.